The molecule has 0 spiro atoms. The van der Waals surface area contributed by atoms with E-state index in [9.17, 15) is 14.4 Å². The lowest BCUT2D eigenvalue weighted by atomic mass is 9.92. The van der Waals surface area contributed by atoms with Gasteiger partial charge in [-0.2, -0.15) is 0 Å². The predicted octanol–water partition coefficient (Wildman–Crippen LogP) is 8.11. The van der Waals surface area contributed by atoms with E-state index in [1.807, 2.05) is 84.0 Å². The molecule has 46 heavy (non-hydrogen) atoms. The van der Waals surface area contributed by atoms with Crippen LogP contribution in [0.25, 0.3) is 0 Å². The van der Waals surface area contributed by atoms with Crippen LogP contribution in [0.5, 0.6) is 0 Å². The fourth-order valence-electron chi connectivity index (χ4n) is 4.90. The number of carbonyl (C=O) groups is 3. The van der Waals surface area contributed by atoms with Crippen LogP contribution in [0.4, 0.5) is 21.9 Å². The molecule has 3 unspecified atom stereocenters. The molecule has 0 aliphatic heterocycles. The number of hydrogen-bond acceptors (Lipinski definition) is 7. The molecule has 3 atom stereocenters. The summed E-state index contributed by atoms with van der Waals surface area (Å²) in [5.74, 6) is -0.769. The van der Waals surface area contributed by atoms with Crippen LogP contribution in [0.3, 0.4) is 0 Å². The fraction of sp³-hybridized carbons (Fsp3) is 0.583. The van der Waals surface area contributed by atoms with Crippen LogP contribution < -0.4 is 21.3 Å². The molecular weight excluding hydrogens is 604 g/mol. The maximum absolute atomic E-state index is 13.2. The largest absolute Gasteiger partial charge is 0.425 e. The van der Waals surface area contributed by atoms with Crippen LogP contribution >= 0.6 is 12.4 Å². The Morgan fingerprint density at radius 2 is 1.41 bits per heavy atom. The second kappa shape index (κ2) is 19.4. The molecule has 4 N–H and O–H groups in total. The molecule has 2 amide bonds. The van der Waals surface area contributed by atoms with Gasteiger partial charge in [-0.3, -0.25) is 9.59 Å². The summed E-state index contributed by atoms with van der Waals surface area (Å²) in [5.41, 5.74) is 10.2. The Kier molecular flexibility index (Phi) is 17.2. The minimum atomic E-state index is -1.03. The van der Waals surface area contributed by atoms with Gasteiger partial charge < -0.3 is 30.7 Å². The average Bonchev–Trinajstić information content (AvgIpc) is 2.95. The predicted molar refractivity (Wildman–Crippen MR) is 191 cm³/mol. The molecule has 2 aromatic rings. The van der Waals surface area contributed by atoms with Crippen LogP contribution in [0.15, 0.2) is 42.5 Å². The van der Waals surface area contributed by atoms with E-state index < -0.39 is 24.3 Å². The SMILES string of the molecule is CCC(CC(=O)OC(OC(=O)C(N)C(C)C)C(C)C)c1ccc(N(CC(C)C)CC(C)C)c(NC(=O)Nc2ccc(C)cc2)c1.Cl. The number of ether oxygens (including phenoxy) is 2. The molecule has 10 heteroatoms. The first-order valence-corrected chi connectivity index (χ1v) is 16.3. The third kappa shape index (κ3) is 13.2. The Morgan fingerprint density at radius 3 is 1.91 bits per heavy atom. The molecule has 0 bridgehead atoms. The number of rotatable bonds is 16. The molecule has 258 valence electrons. The molecule has 0 aliphatic rings. The minimum Gasteiger partial charge on any atom is -0.425 e. The van der Waals surface area contributed by atoms with Crippen molar-refractivity contribution >= 4 is 47.4 Å². The molecule has 0 saturated carbocycles. The maximum atomic E-state index is 13.2. The van der Waals surface area contributed by atoms with E-state index in [1.54, 1.807) is 0 Å². The molecule has 0 fully saturated rings. The van der Waals surface area contributed by atoms with Gasteiger partial charge in [0.05, 0.1) is 17.8 Å². The second-order valence-corrected chi connectivity index (χ2v) is 13.5. The molecule has 0 radical (unpaired) electrons. The van der Waals surface area contributed by atoms with Gasteiger partial charge >= 0.3 is 18.0 Å². The fourth-order valence-corrected chi connectivity index (χ4v) is 4.90. The summed E-state index contributed by atoms with van der Waals surface area (Å²) in [4.78, 5) is 41.2. The minimum absolute atomic E-state index is 0. The van der Waals surface area contributed by atoms with Crippen molar-refractivity contribution in [2.45, 2.75) is 100 Å². The first-order valence-electron chi connectivity index (χ1n) is 16.3. The van der Waals surface area contributed by atoms with E-state index in [0.717, 1.165) is 29.9 Å². The average molecular weight is 661 g/mol. The van der Waals surface area contributed by atoms with Crippen LogP contribution in [0.1, 0.15) is 92.2 Å². The Hall–Kier alpha value is -3.30. The number of nitrogens with two attached hydrogens (primary N) is 1. The third-order valence-corrected chi connectivity index (χ3v) is 7.48. The van der Waals surface area contributed by atoms with Gasteiger partial charge in [-0.15, -0.1) is 12.4 Å². The number of aryl methyl sites for hydroxylation is 1. The van der Waals surface area contributed by atoms with E-state index in [0.29, 0.717) is 29.6 Å². The normalized spacial score (nSPS) is 13.2. The van der Waals surface area contributed by atoms with Crippen LogP contribution in [-0.2, 0) is 19.1 Å². The van der Waals surface area contributed by atoms with Crippen molar-refractivity contribution in [2.75, 3.05) is 28.6 Å². The summed E-state index contributed by atoms with van der Waals surface area (Å²) >= 11 is 0. The molecule has 0 aliphatic carbocycles. The first-order chi connectivity index (χ1) is 21.1. The number of halogens is 1. The lowest BCUT2D eigenvalue weighted by Crippen LogP contribution is -2.41. The van der Waals surface area contributed by atoms with E-state index in [-0.39, 0.29) is 42.6 Å². The van der Waals surface area contributed by atoms with Crippen molar-refractivity contribution in [3.8, 4) is 0 Å². The number of benzene rings is 2. The van der Waals surface area contributed by atoms with E-state index >= 15 is 0 Å². The quantitative estimate of drug-likeness (QED) is 0.123. The number of anilines is 3. The Bertz CT molecular complexity index is 1240. The van der Waals surface area contributed by atoms with E-state index in [1.165, 1.54) is 0 Å². The zero-order chi connectivity index (χ0) is 33.8. The molecule has 9 nitrogen and oxygen atoms in total. The number of amides is 2. The highest BCUT2D eigenvalue weighted by Gasteiger charge is 2.28. The summed E-state index contributed by atoms with van der Waals surface area (Å²) in [6.07, 6.45) is -0.281. The molecule has 2 rings (SSSR count). The van der Waals surface area contributed by atoms with Gasteiger partial charge in [-0.25, -0.2) is 4.79 Å². The maximum Gasteiger partial charge on any atom is 0.326 e. The van der Waals surface area contributed by atoms with Gasteiger partial charge in [0.15, 0.2) is 0 Å². The highest BCUT2D eigenvalue weighted by atomic mass is 35.5. The van der Waals surface area contributed by atoms with Crippen molar-refractivity contribution in [3.63, 3.8) is 0 Å². The first kappa shape index (κ1) is 40.7. The number of urea groups is 1. The summed E-state index contributed by atoms with van der Waals surface area (Å²) < 4.78 is 11.1. The van der Waals surface area contributed by atoms with Crippen molar-refractivity contribution < 1.29 is 23.9 Å². The Labute approximate surface area is 282 Å². The van der Waals surface area contributed by atoms with Gasteiger partial charge in [-0.1, -0.05) is 86.1 Å². The molecule has 0 aromatic heterocycles. The Balaban J connectivity index is 0.0000106. The number of nitrogens with zero attached hydrogens (tertiary/aromatic N) is 1. The number of carbonyl (C=O) groups excluding carboxylic acids is 3. The number of esters is 2. The smallest absolute Gasteiger partial charge is 0.326 e. The van der Waals surface area contributed by atoms with Gasteiger partial charge in [-0.05, 0) is 66.8 Å². The molecular formula is C36H57ClN4O5. The summed E-state index contributed by atoms with van der Waals surface area (Å²) in [5, 5.41) is 6.01. The van der Waals surface area contributed by atoms with Crippen LogP contribution in [0.2, 0.25) is 0 Å². The standard InChI is InChI=1S/C36H56N4O5.ClH/c1-11-27(19-32(41)44-35(25(8)9)45-34(42)33(37)24(6)7)28-14-17-31(40(20-22(2)3)21-23(4)5)30(18-28)39-36(43)38-29-15-12-26(10)13-16-29;/h12-18,22-25,27,33,35H,11,19-21,37H2,1-10H3,(H2,38,39,43);1H. The van der Waals surface area contributed by atoms with Crippen molar-refractivity contribution in [1.29, 1.82) is 0 Å². The topological polar surface area (TPSA) is 123 Å². The van der Waals surface area contributed by atoms with Gasteiger partial charge in [0.1, 0.15) is 6.04 Å². The van der Waals surface area contributed by atoms with E-state index in [2.05, 4.69) is 43.2 Å². The summed E-state index contributed by atoms with van der Waals surface area (Å²) in [6, 6.07) is 12.5. The van der Waals surface area contributed by atoms with Gasteiger partial charge in [0.25, 0.3) is 0 Å². The van der Waals surface area contributed by atoms with Gasteiger partial charge in [0.2, 0.25) is 6.29 Å². The van der Waals surface area contributed by atoms with Crippen molar-refractivity contribution in [1.82, 2.24) is 0 Å². The van der Waals surface area contributed by atoms with Crippen molar-refractivity contribution in [3.05, 3.63) is 53.6 Å². The lowest BCUT2D eigenvalue weighted by Gasteiger charge is -2.31. The van der Waals surface area contributed by atoms with Gasteiger partial charge in [0, 0.05) is 24.7 Å². The van der Waals surface area contributed by atoms with E-state index in [4.69, 9.17) is 15.2 Å². The number of nitrogens with one attached hydrogen (secondary N) is 2. The zero-order valence-corrected chi connectivity index (χ0v) is 30.2. The Morgan fingerprint density at radius 1 is 0.826 bits per heavy atom. The van der Waals surface area contributed by atoms with Crippen molar-refractivity contribution in [2.24, 2.45) is 29.4 Å². The highest BCUT2D eigenvalue weighted by molar-refractivity contribution is 6.02. The summed E-state index contributed by atoms with van der Waals surface area (Å²) in [7, 11) is 0. The van der Waals surface area contributed by atoms with Crippen LogP contribution in [-0.4, -0.2) is 43.4 Å². The summed E-state index contributed by atoms with van der Waals surface area (Å²) in [6.45, 7) is 21.7. The number of hydrogen-bond donors (Lipinski definition) is 3. The highest BCUT2D eigenvalue weighted by Crippen LogP contribution is 2.34. The van der Waals surface area contributed by atoms with Crippen LogP contribution in [0, 0.1) is 30.6 Å². The third-order valence-electron chi connectivity index (χ3n) is 7.48. The lowest BCUT2D eigenvalue weighted by molar-refractivity contribution is -0.197. The monoisotopic (exact) mass is 660 g/mol. The molecule has 0 saturated heterocycles. The molecule has 0 heterocycles. The second-order valence-electron chi connectivity index (χ2n) is 13.5. The molecule has 2 aromatic carbocycles. The zero-order valence-electron chi connectivity index (χ0n) is 29.4.